The van der Waals surface area contributed by atoms with Crippen molar-refractivity contribution in [2.75, 3.05) is 6.61 Å². The average molecular weight is 240 g/mol. The lowest BCUT2D eigenvalue weighted by Gasteiger charge is -2.17. The number of aliphatic hydroxyl groups excluding tert-OH is 2. The van der Waals surface area contributed by atoms with Crippen LogP contribution in [0.1, 0.15) is 32.1 Å². The van der Waals surface area contributed by atoms with Crippen molar-refractivity contribution in [2.45, 2.75) is 44.3 Å². The predicted octanol–water partition coefficient (Wildman–Crippen LogP) is 1.02. The Labute approximate surface area is 101 Å². The van der Waals surface area contributed by atoms with E-state index in [1.165, 1.54) is 0 Å². The molecule has 4 atom stereocenters. The topological polar surface area (TPSA) is 66.8 Å². The van der Waals surface area contributed by atoms with Crippen molar-refractivity contribution < 1.29 is 19.7 Å². The molecule has 1 saturated carbocycles. The van der Waals surface area contributed by atoms with Gasteiger partial charge < -0.3 is 14.9 Å². The summed E-state index contributed by atoms with van der Waals surface area (Å²) in [5.74, 6) is 0.165. The number of aliphatic hydroxyl groups is 2. The number of esters is 1. The van der Waals surface area contributed by atoms with E-state index < -0.39 is 6.10 Å². The lowest BCUT2D eigenvalue weighted by atomic mass is 10.1. The zero-order chi connectivity index (χ0) is 12.3. The van der Waals surface area contributed by atoms with E-state index in [2.05, 4.69) is 12.2 Å². The number of cyclic esters (lactones) is 1. The van der Waals surface area contributed by atoms with E-state index in [0.717, 1.165) is 25.7 Å². The minimum Gasteiger partial charge on any atom is -0.462 e. The molecule has 1 fully saturated rings. The number of hydrogen-bond acceptors (Lipinski definition) is 4. The van der Waals surface area contributed by atoms with Gasteiger partial charge in [-0.3, -0.25) is 4.79 Å². The lowest BCUT2D eigenvalue weighted by Crippen LogP contribution is -2.24. The van der Waals surface area contributed by atoms with Crippen molar-refractivity contribution in [1.82, 2.24) is 0 Å². The molecule has 0 amide bonds. The molecular formula is C13H20O4. The Morgan fingerprint density at radius 1 is 1.47 bits per heavy atom. The van der Waals surface area contributed by atoms with Gasteiger partial charge in [0.05, 0.1) is 12.7 Å². The Hall–Kier alpha value is -0.870. The first-order chi connectivity index (χ1) is 8.22. The van der Waals surface area contributed by atoms with Crippen molar-refractivity contribution in [3.05, 3.63) is 12.2 Å². The summed E-state index contributed by atoms with van der Waals surface area (Å²) in [6.45, 7) is -0.211. The maximum Gasteiger partial charge on any atom is 0.306 e. The molecule has 4 heteroatoms. The van der Waals surface area contributed by atoms with Crippen LogP contribution >= 0.6 is 0 Å². The highest BCUT2D eigenvalue weighted by molar-refractivity contribution is 5.69. The summed E-state index contributed by atoms with van der Waals surface area (Å²) in [6.07, 6.45) is 7.17. The molecular weight excluding hydrogens is 220 g/mol. The monoisotopic (exact) mass is 240 g/mol. The van der Waals surface area contributed by atoms with Gasteiger partial charge in [-0.1, -0.05) is 12.2 Å². The molecule has 17 heavy (non-hydrogen) atoms. The molecule has 1 aliphatic carbocycles. The van der Waals surface area contributed by atoms with Gasteiger partial charge in [0.25, 0.3) is 0 Å². The maximum atomic E-state index is 11.5. The molecule has 1 heterocycles. The normalized spacial score (nSPS) is 37.3. The molecule has 2 rings (SSSR count). The summed E-state index contributed by atoms with van der Waals surface area (Å²) in [5, 5.41) is 18.4. The molecule has 0 unspecified atom stereocenters. The number of allylic oxidation sites excluding steroid dienone is 1. The van der Waals surface area contributed by atoms with Crippen molar-refractivity contribution >= 4 is 5.97 Å². The van der Waals surface area contributed by atoms with Gasteiger partial charge in [-0.25, -0.2) is 0 Å². The van der Waals surface area contributed by atoms with Crippen LogP contribution in [0.5, 0.6) is 0 Å². The summed E-state index contributed by atoms with van der Waals surface area (Å²) >= 11 is 0. The van der Waals surface area contributed by atoms with Crippen LogP contribution in [-0.4, -0.2) is 35.0 Å². The summed E-state index contributed by atoms with van der Waals surface area (Å²) in [5.41, 5.74) is 0. The van der Waals surface area contributed by atoms with Crippen LogP contribution in [0.15, 0.2) is 12.2 Å². The van der Waals surface area contributed by atoms with Crippen LogP contribution in [0.4, 0.5) is 0 Å². The van der Waals surface area contributed by atoms with Gasteiger partial charge in [0.1, 0.15) is 6.10 Å². The Kier molecular flexibility index (Phi) is 4.18. The molecule has 0 aromatic carbocycles. The van der Waals surface area contributed by atoms with E-state index in [1.807, 2.05) is 0 Å². The largest absolute Gasteiger partial charge is 0.462 e. The Bertz CT molecular complexity index is 300. The van der Waals surface area contributed by atoms with Crippen LogP contribution in [0, 0.1) is 11.8 Å². The molecule has 2 N–H and O–H groups in total. The SMILES string of the molecule is O=C1CCC/C=C\C[C@@H]([C@@H]2C[C@H]2[C@H](O)CO)O1. The minimum absolute atomic E-state index is 0.0898. The van der Waals surface area contributed by atoms with Gasteiger partial charge in [-0.05, 0) is 25.2 Å². The number of ether oxygens (including phenoxy) is 1. The Balaban J connectivity index is 1.92. The molecule has 0 spiro atoms. The third-order valence-electron chi connectivity index (χ3n) is 3.62. The molecule has 0 aromatic rings. The molecule has 0 radical (unpaired) electrons. The number of carbonyl (C=O) groups is 1. The van der Waals surface area contributed by atoms with Crippen LogP contribution < -0.4 is 0 Å². The summed E-state index contributed by atoms with van der Waals surface area (Å²) in [6, 6.07) is 0. The first kappa shape index (κ1) is 12.6. The number of hydrogen-bond donors (Lipinski definition) is 2. The standard InChI is InChI=1S/C13H20O4/c14-8-11(15)9-7-10(9)12-5-3-1-2-4-6-13(16)17-12/h1,3,9-12,14-15H,2,4-8H2/b3-1-/t9-,10-,11-,12+/m1/s1. The van der Waals surface area contributed by atoms with Gasteiger partial charge in [0, 0.05) is 18.8 Å². The van der Waals surface area contributed by atoms with Crippen LogP contribution in [0.3, 0.4) is 0 Å². The van der Waals surface area contributed by atoms with Gasteiger partial charge in [0.2, 0.25) is 0 Å². The van der Waals surface area contributed by atoms with E-state index in [0.29, 0.717) is 6.42 Å². The van der Waals surface area contributed by atoms with Crippen molar-refractivity contribution in [1.29, 1.82) is 0 Å². The fourth-order valence-corrected chi connectivity index (χ4v) is 2.49. The number of rotatable bonds is 3. The molecule has 0 bridgehead atoms. The third-order valence-corrected chi connectivity index (χ3v) is 3.62. The second-order valence-corrected chi connectivity index (χ2v) is 4.94. The smallest absolute Gasteiger partial charge is 0.306 e. The van der Waals surface area contributed by atoms with E-state index in [1.54, 1.807) is 0 Å². The quantitative estimate of drug-likeness (QED) is 0.571. The first-order valence-electron chi connectivity index (χ1n) is 6.35. The second kappa shape index (κ2) is 5.65. The molecule has 2 aliphatic rings. The minimum atomic E-state index is -0.671. The van der Waals surface area contributed by atoms with Crippen LogP contribution in [0.25, 0.3) is 0 Å². The molecule has 4 nitrogen and oxygen atoms in total. The molecule has 96 valence electrons. The van der Waals surface area contributed by atoms with Gasteiger partial charge in [-0.2, -0.15) is 0 Å². The number of carbonyl (C=O) groups excluding carboxylic acids is 1. The van der Waals surface area contributed by atoms with Gasteiger partial charge in [0.15, 0.2) is 0 Å². The average Bonchev–Trinajstić information content (AvgIpc) is 3.09. The summed E-state index contributed by atoms with van der Waals surface area (Å²) in [4.78, 5) is 11.5. The van der Waals surface area contributed by atoms with E-state index in [9.17, 15) is 9.90 Å². The third kappa shape index (κ3) is 3.30. The maximum absolute atomic E-state index is 11.5. The Morgan fingerprint density at radius 2 is 2.29 bits per heavy atom. The van der Waals surface area contributed by atoms with Crippen molar-refractivity contribution in [3.8, 4) is 0 Å². The highest BCUT2D eigenvalue weighted by Crippen LogP contribution is 2.46. The van der Waals surface area contributed by atoms with Crippen LogP contribution in [0.2, 0.25) is 0 Å². The Morgan fingerprint density at radius 3 is 3.06 bits per heavy atom. The van der Waals surface area contributed by atoms with Crippen molar-refractivity contribution in [3.63, 3.8) is 0 Å². The summed E-state index contributed by atoms with van der Waals surface area (Å²) < 4.78 is 5.44. The van der Waals surface area contributed by atoms with Crippen LogP contribution in [-0.2, 0) is 9.53 Å². The second-order valence-electron chi connectivity index (χ2n) is 4.94. The van der Waals surface area contributed by atoms with E-state index >= 15 is 0 Å². The zero-order valence-corrected chi connectivity index (χ0v) is 9.92. The lowest BCUT2D eigenvalue weighted by molar-refractivity contribution is -0.150. The van der Waals surface area contributed by atoms with E-state index in [4.69, 9.17) is 9.84 Å². The predicted molar refractivity (Wildman–Crippen MR) is 62.2 cm³/mol. The van der Waals surface area contributed by atoms with Crippen molar-refractivity contribution in [2.24, 2.45) is 11.8 Å². The fraction of sp³-hybridized carbons (Fsp3) is 0.769. The van der Waals surface area contributed by atoms with Gasteiger partial charge >= 0.3 is 5.97 Å². The molecule has 0 aromatic heterocycles. The highest BCUT2D eigenvalue weighted by Gasteiger charge is 2.48. The van der Waals surface area contributed by atoms with Gasteiger partial charge in [-0.15, -0.1) is 0 Å². The van der Waals surface area contributed by atoms with E-state index in [-0.39, 0.29) is 30.5 Å². The summed E-state index contributed by atoms with van der Waals surface area (Å²) in [7, 11) is 0. The molecule has 1 aliphatic heterocycles. The highest BCUT2D eigenvalue weighted by atomic mass is 16.5. The molecule has 0 saturated heterocycles. The fourth-order valence-electron chi connectivity index (χ4n) is 2.49. The first-order valence-corrected chi connectivity index (χ1v) is 6.35. The zero-order valence-electron chi connectivity index (χ0n) is 9.92.